The van der Waals surface area contributed by atoms with E-state index in [1.54, 1.807) is 8.81 Å². The fourth-order valence-corrected chi connectivity index (χ4v) is 15.2. The van der Waals surface area contributed by atoms with Gasteiger partial charge in [0.15, 0.2) is 0 Å². The molecule has 0 amide bonds. The van der Waals surface area contributed by atoms with Gasteiger partial charge in [0.05, 0.1) is 0 Å². The van der Waals surface area contributed by atoms with Gasteiger partial charge in [-0.3, -0.25) is 0 Å². The van der Waals surface area contributed by atoms with Crippen molar-refractivity contribution in [2.45, 2.75) is 25.4 Å². The summed E-state index contributed by atoms with van der Waals surface area (Å²) in [6.45, 7) is 4.66. The van der Waals surface area contributed by atoms with E-state index in [9.17, 15) is 0 Å². The number of hydrogen-bond donors (Lipinski definition) is 0. The summed E-state index contributed by atoms with van der Waals surface area (Å²) in [7, 11) is 0. The van der Waals surface area contributed by atoms with Gasteiger partial charge in [-0.25, -0.2) is 0 Å². The predicted molar refractivity (Wildman–Crippen MR) is 153 cm³/mol. The molecule has 0 aromatic heterocycles. The van der Waals surface area contributed by atoms with Crippen LogP contribution in [0.3, 0.4) is 0 Å². The van der Waals surface area contributed by atoms with E-state index in [0.717, 1.165) is 0 Å². The molecule has 0 atom stereocenters. The Morgan fingerprint density at radius 3 is 1.26 bits per heavy atom. The number of rotatable bonds is 4. The molecule has 0 saturated heterocycles. The van der Waals surface area contributed by atoms with Crippen LogP contribution in [-0.4, -0.2) is 13.3 Å². The maximum atomic E-state index is 2.60. The van der Waals surface area contributed by atoms with Crippen LogP contribution in [0.2, 0.25) is 11.5 Å². The molecule has 0 N–H and O–H groups in total. The molecule has 2 aliphatic rings. The zero-order valence-electron chi connectivity index (χ0n) is 20.9. The van der Waals surface area contributed by atoms with E-state index in [-0.39, 0.29) is 0 Å². The monoisotopic (exact) mass is 512 g/mol. The fourth-order valence-electron chi connectivity index (χ4n) is 6.40. The van der Waals surface area contributed by atoms with Crippen LogP contribution in [0.25, 0.3) is 31.1 Å². The van der Waals surface area contributed by atoms with Crippen LogP contribution in [0.4, 0.5) is 0 Å². The molecule has 35 heavy (non-hydrogen) atoms. The minimum atomic E-state index is -2.77. The quantitative estimate of drug-likeness (QED) is 0.240. The van der Waals surface area contributed by atoms with Crippen LogP contribution in [-0.2, 0) is 0 Å². The Labute approximate surface area is 212 Å². The summed E-state index contributed by atoms with van der Waals surface area (Å²) >= 11 is -2.77. The number of benzene rings is 4. The van der Waals surface area contributed by atoms with Gasteiger partial charge in [0, 0.05) is 0 Å². The third kappa shape index (κ3) is 3.58. The van der Waals surface area contributed by atoms with Crippen LogP contribution < -0.4 is 0 Å². The van der Waals surface area contributed by atoms with Crippen molar-refractivity contribution in [2.24, 2.45) is 0 Å². The van der Waals surface area contributed by atoms with E-state index in [0.29, 0.717) is 0 Å². The standard InChI is InChI=1S/C34H30Ge/c1-23-21-27-17-11-19-29(25-13-7-5-8-14-25)31(27)33(23)35(3,4)34-24(2)22-28-18-12-20-30(32(28)34)26-15-9-6-10-16-26/h5-22H,1-4H3. The van der Waals surface area contributed by atoms with Crippen LogP contribution in [0.5, 0.6) is 0 Å². The van der Waals surface area contributed by atoms with Crippen molar-refractivity contribution in [1.29, 1.82) is 0 Å². The second kappa shape index (κ2) is 8.53. The van der Waals surface area contributed by atoms with Gasteiger partial charge in [-0.05, 0) is 0 Å². The Bertz CT molecular complexity index is 1390. The van der Waals surface area contributed by atoms with Gasteiger partial charge in [-0.15, -0.1) is 0 Å². The molecule has 4 aromatic carbocycles. The molecule has 0 nitrogen and oxygen atoms in total. The fraction of sp³-hybridized carbons (Fsp3) is 0.118. The van der Waals surface area contributed by atoms with Crippen LogP contribution in [0.15, 0.2) is 108 Å². The zero-order chi connectivity index (χ0) is 24.2. The molecule has 2 aliphatic carbocycles. The Balaban J connectivity index is 1.56. The predicted octanol–water partition coefficient (Wildman–Crippen LogP) is 9.19. The Morgan fingerprint density at radius 1 is 0.457 bits per heavy atom. The first-order valence-electron chi connectivity index (χ1n) is 12.5. The molecule has 0 heterocycles. The summed E-state index contributed by atoms with van der Waals surface area (Å²) in [6.07, 6.45) is 4.84. The first kappa shape index (κ1) is 22.4. The van der Waals surface area contributed by atoms with E-state index < -0.39 is 13.3 Å². The first-order valence-corrected chi connectivity index (χ1v) is 18.8. The van der Waals surface area contributed by atoms with Gasteiger partial charge in [0.1, 0.15) is 0 Å². The number of allylic oxidation sites excluding steroid dienone is 2. The SMILES string of the molecule is CC1=[C]([Ge]([CH3])([CH3])[C]2=C(C)[CH]c3cccc(-c4ccccc4)c32)c2c(cccc2-c2ccccc2)[CH]1. The molecule has 0 unspecified atom stereocenters. The van der Waals surface area contributed by atoms with Gasteiger partial charge in [-0.2, -0.15) is 0 Å². The van der Waals surface area contributed by atoms with Gasteiger partial charge < -0.3 is 0 Å². The summed E-state index contributed by atoms with van der Waals surface area (Å²) in [5.74, 6) is 5.21. The van der Waals surface area contributed by atoms with Crippen molar-refractivity contribution in [1.82, 2.24) is 0 Å². The average Bonchev–Trinajstić information content (AvgIpc) is 3.41. The topological polar surface area (TPSA) is 0 Å². The van der Waals surface area contributed by atoms with Gasteiger partial charge in [0.2, 0.25) is 0 Å². The van der Waals surface area contributed by atoms with Crippen molar-refractivity contribution in [3.63, 3.8) is 0 Å². The third-order valence-electron chi connectivity index (χ3n) is 7.65. The average molecular weight is 511 g/mol. The van der Waals surface area contributed by atoms with Crippen LogP contribution >= 0.6 is 0 Å². The Morgan fingerprint density at radius 2 is 0.857 bits per heavy atom. The number of fused-ring (bicyclic) bond motifs is 2. The van der Waals surface area contributed by atoms with Crippen LogP contribution in [0, 0.1) is 12.8 Å². The third-order valence-corrected chi connectivity index (χ3v) is 15.6. The van der Waals surface area contributed by atoms with Gasteiger partial charge in [0.25, 0.3) is 0 Å². The van der Waals surface area contributed by atoms with Crippen LogP contribution in [0.1, 0.15) is 36.1 Å². The summed E-state index contributed by atoms with van der Waals surface area (Å²) in [5, 5.41) is 0. The second-order valence-electron chi connectivity index (χ2n) is 10.3. The second-order valence-corrected chi connectivity index (χ2v) is 19.2. The van der Waals surface area contributed by atoms with Gasteiger partial charge in [-0.1, -0.05) is 0 Å². The van der Waals surface area contributed by atoms with Crippen molar-refractivity contribution < 1.29 is 0 Å². The molecule has 170 valence electrons. The molecule has 4 aromatic rings. The minimum absolute atomic E-state index is 1.30. The van der Waals surface area contributed by atoms with Crippen molar-refractivity contribution in [2.75, 3.05) is 0 Å². The van der Waals surface area contributed by atoms with E-state index in [1.807, 2.05) is 0 Å². The maximum absolute atomic E-state index is 2.77. The molecule has 0 saturated carbocycles. The summed E-state index contributed by atoms with van der Waals surface area (Å²) in [4.78, 5) is 0. The van der Waals surface area contributed by atoms with Gasteiger partial charge >= 0.3 is 213 Å². The molecule has 0 fully saturated rings. The summed E-state index contributed by atoms with van der Waals surface area (Å²) < 4.78 is 3.25. The van der Waals surface area contributed by atoms with Crippen molar-refractivity contribution in [3.8, 4) is 22.3 Å². The summed E-state index contributed by atoms with van der Waals surface area (Å²) in [6, 6.07) is 35.4. The normalized spacial score (nSPS) is 15.0. The molecular weight excluding hydrogens is 481 g/mol. The summed E-state index contributed by atoms with van der Waals surface area (Å²) in [5.41, 5.74) is 13.9. The molecule has 0 aliphatic heterocycles. The number of hydrogen-bond acceptors (Lipinski definition) is 0. The molecule has 1 heteroatoms. The van der Waals surface area contributed by atoms with Crippen molar-refractivity contribution in [3.05, 3.63) is 143 Å². The molecule has 0 spiro atoms. The Hall–Kier alpha value is -3.10. The first-order chi connectivity index (χ1) is 17.0. The Kier molecular flexibility index (Phi) is 5.45. The molecule has 6 rings (SSSR count). The van der Waals surface area contributed by atoms with E-state index in [1.165, 1.54) is 55.7 Å². The molecule has 2 radical (unpaired) electrons. The van der Waals surface area contributed by atoms with E-state index in [2.05, 4.69) is 135 Å². The van der Waals surface area contributed by atoms with Crippen molar-refractivity contribution >= 4 is 22.1 Å². The van der Waals surface area contributed by atoms with E-state index >= 15 is 0 Å². The van der Waals surface area contributed by atoms with E-state index in [4.69, 9.17) is 0 Å². The molecular formula is C34H30Ge. The molecule has 0 bridgehead atoms. The zero-order valence-corrected chi connectivity index (χ0v) is 23.0.